The first-order chi connectivity index (χ1) is 22.8. The summed E-state index contributed by atoms with van der Waals surface area (Å²) in [6.07, 6.45) is 1.86. The molecule has 214 valence electrons. The second-order valence-corrected chi connectivity index (χ2v) is 12.0. The van der Waals surface area contributed by atoms with E-state index in [1.807, 2.05) is 6.26 Å². The molecular weight excluding hydrogens is 560 g/mol. The molecule has 0 saturated heterocycles. The van der Waals surface area contributed by atoms with Crippen LogP contribution in [0.2, 0.25) is 0 Å². The highest BCUT2D eigenvalue weighted by atomic mass is 16.3. The Balaban J connectivity index is 1.22. The second kappa shape index (κ2) is 9.69. The molecule has 0 aliphatic rings. The van der Waals surface area contributed by atoms with Gasteiger partial charge in [-0.1, -0.05) is 121 Å². The SMILES string of the molecule is c1ccc(-c2c3ccccc3c(-c3ccc4c(c3)oc3c4ccc4occ(-c5ccc6ccccc6c5)c43)c3ccccc23)cc1. The normalized spacial score (nSPS) is 11.9. The van der Waals surface area contributed by atoms with Gasteiger partial charge in [-0.05, 0) is 90.5 Å². The van der Waals surface area contributed by atoms with Gasteiger partial charge in [0.25, 0.3) is 0 Å². The maximum Gasteiger partial charge on any atom is 0.147 e. The van der Waals surface area contributed by atoms with Gasteiger partial charge in [0.2, 0.25) is 0 Å². The van der Waals surface area contributed by atoms with Gasteiger partial charge in [0.05, 0.1) is 11.6 Å². The van der Waals surface area contributed by atoms with Crippen molar-refractivity contribution in [2.24, 2.45) is 0 Å². The fourth-order valence-corrected chi connectivity index (χ4v) is 7.44. The lowest BCUT2D eigenvalue weighted by atomic mass is 9.86. The molecule has 10 rings (SSSR count). The maximum atomic E-state index is 6.79. The second-order valence-electron chi connectivity index (χ2n) is 12.0. The van der Waals surface area contributed by atoms with Crippen molar-refractivity contribution in [3.05, 3.63) is 158 Å². The molecule has 10 aromatic rings. The molecule has 0 radical (unpaired) electrons. The Kier molecular flexibility index (Phi) is 5.31. The van der Waals surface area contributed by atoms with Gasteiger partial charge in [-0.2, -0.15) is 0 Å². The zero-order valence-corrected chi connectivity index (χ0v) is 24.8. The van der Waals surface area contributed by atoms with Crippen molar-refractivity contribution in [1.29, 1.82) is 0 Å². The molecule has 2 nitrogen and oxygen atoms in total. The van der Waals surface area contributed by atoms with Crippen molar-refractivity contribution in [3.63, 3.8) is 0 Å². The lowest BCUT2D eigenvalue weighted by molar-refractivity contribution is 0.616. The molecule has 2 heterocycles. The molecule has 0 aliphatic heterocycles. The van der Waals surface area contributed by atoms with Crippen LogP contribution in [-0.4, -0.2) is 0 Å². The average molecular weight is 587 g/mol. The fourth-order valence-electron chi connectivity index (χ4n) is 7.44. The van der Waals surface area contributed by atoms with E-state index in [1.54, 1.807) is 0 Å². The lowest BCUT2D eigenvalue weighted by Gasteiger charge is -2.17. The summed E-state index contributed by atoms with van der Waals surface area (Å²) in [6, 6.07) is 54.1. The first-order valence-corrected chi connectivity index (χ1v) is 15.7. The predicted molar refractivity (Wildman–Crippen MR) is 192 cm³/mol. The van der Waals surface area contributed by atoms with Gasteiger partial charge in [0.15, 0.2) is 0 Å². The molecule has 0 unspecified atom stereocenters. The highest BCUT2D eigenvalue weighted by Crippen LogP contribution is 2.46. The molecule has 0 amide bonds. The van der Waals surface area contributed by atoms with Crippen molar-refractivity contribution in [1.82, 2.24) is 0 Å². The number of rotatable bonds is 3. The first-order valence-electron chi connectivity index (χ1n) is 15.7. The standard InChI is InChI=1S/C44H26O2/c1-2-11-28(12-3-1)41-33-14-6-8-16-35(33)42(36-17-9-7-15-34(36)41)31-20-21-32-37-22-23-39-43(44(37)46-40(32)25-31)38(26-45-39)30-19-18-27-10-4-5-13-29(27)24-30/h1-26H. The fraction of sp³-hybridized carbons (Fsp3) is 0. The number of furan rings is 2. The number of hydrogen-bond acceptors (Lipinski definition) is 2. The highest BCUT2D eigenvalue weighted by molar-refractivity contribution is 6.23. The molecule has 46 heavy (non-hydrogen) atoms. The third kappa shape index (κ3) is 3.65. The summed E-state index contributed by atoms with van der Waals surface area (Å²) in [4.78, 5) is 0. The Hall–Kier alpha value is -6.12. The zero-order chi connectivity index (χ0) is 30.2. The van der Waals surface area contributed by atoms with Gasteiger partial charge >= 0.3 is 0 Å². The summed E-state index contributed by atoms with van der Waals surface area (Å²) in [6.45, 7) is 0. The van der Waals surface area contributed by atoms with Gasteiger partial charge in [0.1, 0.15) is 16.7 Å². The van der Waals surface area contributed by atoms with Crippen LogP contribution in [0.1, 0.15) is 0 Å². The minimum absolute atomic E-state index is 0.823. The summed E-state index contributed by atoms with van der Waals surface area (Å²) in [5.41, 5.74) is 9.55. The lowest BCUT2D eigenvalue weighted by Crippen LogP contribution is -1.90. The van der Waals surface area contributed by atoms with E-state index < -0.39 is 0 Å². The summed E-state index contributed by atoms with van der Waals surface area (Å²) in [5.74, 6) is 0. The summed E-state index contributed by atoms with van der Waals surface area (Å²) >= 11 is 0. The number of benzene rings is 8. The molecule has 0 bridgehead atoms. The molecule has 0 atom stereocenters. The third-order valence-electron chi connectivity index (χ3n) is 9.52. The molecule has 2 heteroatoms. The van der Waals surface area contributed by atoms with Gasteiger partial charge in [-0.25, -0.2) is 0 Å². The largest absolute Gasteiger partial charge is 0.464 e. The van der Waals surface area contributed by atoms with Gasteiger partial charge in [0, 0.05) is 16.3 Å². The van der Waals surface area contributed by atoms with E-state index in [-0.39, 0.29) is 0 Å². The van der Waals surface area contributed by atoms with E-state index >= 15 is 0 Å². The van der Waals surface area contributed by atoms with Gasteiger partial charge < -0.3 is 8.83 Å². The summed E-state index contributed by atoms with van der Waals surface area (Å²) in [7, 11) is 0. The first kappa shape index (κ1) is 25.2. The van der Waals surface area contributed by atoms with Crippen molar-refractivity contribution in [2.45, 2.75) is 0 Å². The monoisotopic (exact) mass is 586 g/mol. The van der Waals surface area contributed by atoms with Crippen LogP contribution in [0.5, 0.6) is 0 Å². The van der Waals surface area contributed by atoms with Crippen molar-refractivity contribution in [2.75, 3.05) is 0 Å². The van der Waals surface area contributed by atoms with Crippen LogP contribution in [0, 0.1) is 0 Å². The van der Waals surface area contributed by atoms with Crippen molar-refractivity contribution >= 4 is 65.2 Å². The molecule has 2 aromatic heterocycles. The number of fused-ring (bicyclic) bond motifs is 8. The van der Waals surface area contributed by atoms with Crippen molar-refractivity contribution in [3.8, 4) is 33.4 Å². The van der Waals surface area contributed by atoms with E-state index in [2.05, 4.69) is 152 Å². The number of hydrogen-bond donors (Lipinski definition) is 0. The topological polar surface area (TPSA) is 26.3 Å². The van der Waals surface area contributed by atoms with E-state index in [9.17, 15) is 0 Å². The molecule has 8 aromatic carbocycles. The van der Waals surface area contributed by atoms with Gasteiger partial charge in [-0.3, -0.25) is 0 Å². The molecule has 0 N–H and O–H groups in total. The molecule has 0 spiro atoms. The van der Waals surface area contributed by atoms with Gasteiger partial charge in [-0.15, -0.1) is 0 Å². The molecular formula is C44H26O2. The minimum atomic E-state index is 0.823. The van der Waals surface area contributed by atoms with Crippen LogP contribution in [0.25, 0.3) is 98.6 Å². The van der Waals surface area contributed by atoms with E-state index in [4.69, 9.17) is 8.83 Å². The smallest absolute Gasteiger partial charge is 0.147 e. The summed E-state index contributed by atoms with van der Waals surface area (Å²) in [5, 5.41) is 10.6. The quantitative estimate of drug-likeness (QED) is 0.193. The maximum absolute atomic E-state index is 6.79. The van der Waals surface area contributed by atoms with E-state index in [1.165, 1.54) is 49.0 Å². The van der Waals surface area contributed by atoms with Crippen molar-refractivity contribution < 1.29 is 8.83 Å². The zero-order valence-electron chi connectivity index (χ0n) is 24.8. The van der Waals surface area contributed by atoms with E-state index in [0.29, 0.717) is 0 Å². The molecule has 0 saturated carbocycles. The predicted octanol–water partition coefficient (Wildman–Crippen LogP) is 12.8. The average Bonchev–Trinajstić information content (AvgIpc) is 3.72. The Bertz CT molecular complexity index is 2740. The Morgan fingerprint density at radius 3 is 1.72 bits per heavy atom. The van der Waals surface area contributed by atoms with Crippen LogP contribution in [0.3, 0.4) is 0 Å². The van der Waals surface area contributed by atoms with Crippen LogP contribution >= 0.6 is 0 Å². The van der Waals surface area contributed by atoms with Crippen LogP contribution in [0.15, 0.2) is 167 Å². The van der Waals surface area contributed by atoms with Crippen LogP contribution in [0.4, 0.5) is 0 Å². The van der Waals surface area contributed by atoms with Crippen LogP contribution in [-0.2, 0) is 0 Å². The Labute approximate surface area is 264 Å². The Morgan fingerprint density at radius 2 is 0.978 bits per heavy atom. The highest BCUT2D eigenvalue weighted by Gasteiger charge is 2.20. The molecule has 0 fully saturated rings. The van der Waals surface area contributed by atoms with Crippen LogP contribution < -0.4 is 0 Å². The van der Waals surface area contributed by atoms with E-state index in [0.717, 1.165) is 49.6 Å². The third-order valence-corrected chi connectivity index (χ3v) is 9.52. The minimum Gasteiger partial charge on any atom is -0.464 e. The Morgan fingerprint density at radius 1 is 0.370 bits per heavy atom. The summed E-state index contributed by atoms with van der Waals surface area (Å²) < 4.78 is 12.9. The molecule has 0 aliphatic carbocycles.